The molecule has 0 aliphatic heterocycles. The topological polar surface area (TPSA) is 103 Å². The molecule has 1 aromatic heterocycles. The van der Waals surface area contributed by atoms with Crippen molar-refractivity contribution < 1.29 is 9.72 Å². The third-order valence-corrected chi connectivity index (χ3v) is 5.43. The molecule has 1 aromatic carbocycles. The largest absolute Gasteiger partial charge is 0.320 e. The first-order valence-electron chi connectivity index (χ1n) is 8.64. The number of nitrogens with one attached hydrogen (secondary N) is 1. The van der Waals surface area contributed by atoms with Crippen LogP contribution in [0.25, 0.3) is 0 Å². The van der Waals surface area contributed by atoms with Crippen molar-refractivity contribution in [2.45, 2.75) is 50.2 Å². The Morgan fingerprint density at radius 1 is 1.31 bits per heavy atom. The van der Waals surface area contributed by atoms with Crippen LogP contribution in [0.2, 0.25) is 0 Å². The van der Waals surface area contributed by atoms with Crippen LogP contribution in [0.5, 0.6) is 0 Å². The van der Waals surface area contributed by atoms with Crippen molar-refractivity contribution >= 4 is 29.0 Å². The lowest BCUT2D eigenvalue weighted by Gasteiger charge is -2.24. The first-order valence-corrected chi connectivity index (χ1v) is 9.62. The van der Waals surface area contributed by atoms with Crippen LogP contribution in [0.1, 0.15) is 44.0 Å². The summed E-state index contributed by atoms with van der Waals surface area (Å²) in [5.41, 5.74) is 0.0834. The number of rotatable bonds is 6. The van der Waals surface area contributed by atoms with Crippen molar-refractivity contribution in [2.24, 2.45) is 0 Å². The molecule has 1 heterocycles. The molecule has 2 aromatic rings. The van der Waals surface area contributed by atoms with Gasteiger partial charge >= 0.3 is 0 Å². The maximum atomic E-state index is 12.2. The molecule has 9 heteroatoms. The van der Waals surface area contributed by atoms with Crippen LogP contribution in [-0.4, -0.2) is 31.3 Å². The number of aromatic nitrogens is 3. The maximum absolute atomic E-state index is 12.2. The summed E-state index contributed by atoms with van der Waals surface area (Å²) < 4.78 is 2.13. The van der Waals surface area contributed by atoms with Gasteiger partial charge in [0, 0.05) is 12.1 Å². The van der Waals surface area contributed by atoms with E-state index in [4.69, 9.17) is 0 Å². The van der Waals surface area contributed by atoms with E-state index in [1.54, 1.807) is 12.1 Å². The molecule has 1 fully saturated rings. The number of para-hydroxylation sites is 2. The molecule has 0 saturated heterocycles. The van der Waals surface area contributed by atoms with Crippen LogP contribution in [0, 0.1) is 17.0 Å². The van der Waals surface area contributed by atoms with Gasteiger partial charge in [-0.2, -0.15) is 0 Å². The smallest absolute Gasteiger partial charge is 0.292 e. The minimum absolute atomic E-state index is 0.118. The molecule has 1 amide bonds. The van der Waals surface area contributed by atoms with E-state index in [-0.39, 0.29) is 23.0 Å². The van der Waals surface area contributed by atoms with E-state index >= 15 is 0 Å². The Balaban J connectivity index is 1.65. The van der Waals surface area contributed by atoms with Gasteiger partial charge in [0.1, 0.15) is 11.5 Å². The number of nitrogens with zero attached hydrogens (tertiary/aromatic N) is 4. The van der Waals surface area contributed by atoms with Crippen LogP contribution >= 0.6 is 11.8 Å². The third kappa shape index (κ3) is 4.21. The van der Waals surface area contributed by atoms with E-state index in [1.165, 1.54) is 43.2 Å². The van der Waals surface area contributed by atoms with E-state index in [0.29, 0.717) is 6.04 Å². The van der Waals surface area contributed by atoms with E-state index in [0.717, 1.165) is 23.8 Å². The van der Waals surface area contributed by atoms with Crippen LogP contribution in [-0.2, 0) is 4.79 Å². The molecule has 8 nitrogen and oxygen atoms in total. The third-order valence-electron chi connectivity index (χ3n) is 4.48. The highest BCUT2D eigenvalue weighted by molar-refractivity contribution is 7.99. The van der Waals surface area contributed by atoms with E-state index < -0.39 is 4.92 Å². The van der Waals surface area contributed by atoms with Crippen molar-refractivity contribution in [1.82, 2.24) is 14.8 Å². The molecule has 0 bridgehead atoms. The van der Waals surface area contributed by atoms with Gasteiger partial charge in [0.25, 0.3) is 5.69 Å². The first kappa shape index (κ1) is 18.4. The van der Waals surface area contributed by atoms with Gasteiger partial charge in [-0.25, -0.2) is 0 Å². The minimum Gasteiger partial charge on any atom is -0.320 e. The van der Waals surface area contributed by atoms with Gasteiger partial charge in [-0.1, -0.05) is 43.2 Å². The molecule has 0 spiro atoms. The average Bonchev–Trinajstić information content (AvgIpc) is 3.01. The number of hydrogen-bond acceptors (Lipinski definition) is 6. The summed E-state index contributed by atoms with van der Waals surface area (Å²) in [7, 11) is 0. The van der Waals surface area contributed by atoms with E-state index in [2.05, 4.69) is 20.1 Å². The van der Waals surface area contributed by atoms with Crippen LogP contribution in [0.4, 0.5) is 11.4 Å². The second kappa shape index (κ2) is 8.31. The number of hydrogen-bond donors (Lipinski definition) is 1. The lowest BCUT2D eigenvalue weighted by Crippen LogP contribution is -2.18. The molecule has 0 unspecified atom stereocenters. The summed E-state index contributed by atoms with van der Waals surface area (Å²) in [6, 6.07) is 6.50. The average molecular weight is 375 g/mol. The highest BCUT2D eigenvalue weighted by atomic mass is 32.2. The highest BCUT2D eigenvalue weighted by Crippen LogP contribution is 2.32. The normalized spacial score (nSPS) is 15.0. The molecule has 1 saturated carbocycles. The predicted octanol–water partition coefficient (Wildman–Crippen LogP) is 3.73. The fraction of sp³-hybridized carbons (Fsp3) is 0.471. The number of benzene rings is 1. The fourth-order valence-electron chi connectivity index (χ4n) is 3.26. The monoisotopic (exact) mass is 375 g/mol. The number of anilines is 1. The SMILES string of the molecule is Cc1nnc(SCC(=O)Nc2ccccc2[N+](=O)[O-])n1C1CCCCC1. The lowest BCUT2D eigenvalue weighted by atomic mass is 9.95. The zero-order valence-corrected chi connectivity index (χ0v) is 15.4. The number of carbonyl (C=O) groups excluding carboxylic acids is 1. The number of aryl methyl sites for hydroxylation is 1. The Morgan fingerprint density at radius 2 is 2.04 bits per heavy atom. The summed E-state index contributed by atoms with van der Waals surface area (Å²) in [5.74, 6) is 0.676. The standard InChI is InChI=1S/C17H21N5O3S/c1-12-19-20-17(21(12)13-7-3-2-4-8-13)26-11-16(23)18-14-9-5-6-10-15(14)22(24)25/h5-6,9-10,13H,2-4,7-8,11H2,1H3,(H,18,23). The second-order valence-corrected chi connectivity index (χ2v) is 7.25. The van der Waals surface area contributed by atoms with Crippen LogP contribution in [0.15, 0.2) is 29.4 Å². The predicted molar refractivity (Wildman–Crippen MR) is 99.3 cm³/mol. The van der Waals surface area contributed by atoms with Gasteiger partial charge in [0.05, 0.1) is 10.7 Å². The Morgan fingerprint density at radius 3 is 2.77 bits per heavy atom. The molecule has 1 aliphatic rings. The van der Waals surface area contributed by atoms with E-state index in [9.17, 15) is 14.9 Å². The molecule has 138 valence electrons. The molecular weight excluding hydrogens is 354 g/mol. The van der Waals surface area contributed by atoms with E-state index in [1.807, 2.05) is 6.92 Å². The summed E-state index contributed by atoms with van der Waals surface area (Å²) in [5, 5.41) is 22.7. The summed E-state index contributed by atoms with van der Waals surface area (Å²) in [4.78, 5) is 22.8. The Bertz CT molecular complexity index is 801. The molecule has 0 atom stereocenters. The number of amides is 1. The molecular formula is C17H21N5O3S. The molecule has 0 radical (unpaired) electrons. The number of nitro groups is 1. The van der Waals surface area contributed by atoms with Gasteiger partial charge in [0.15, 0.2) is 5.16 Å². The Hall–Kier alpha value is -2.42. The Kier molecular flexibility index (Phi) is 5.87. The van der Waals surface area contributed by atoms with Crippen LogP contribution in [0.3, 0.4) is 0 Å². The summed E-state index contributed by atoms with van der Waals surface area (Å²) >= 11 is 1.31. The van der Waals surface area contributed by atoms with Gasteiger partial charge in [-0.3, -0.25) is 14.9 Å². The number of carbonyl (C=O) groups is 1. The fourth-order valence-corrected chi connectivity index (χ4v) is 4.11. The second-order valence-electron chi connectivity index (χ2n) is 6.30. The summed E-state index contributed by atoms with van der Waals surface area (Å²) in [6.45, 7) is 1.93. The molecule has 26 heavy (non-hydrogen) atoms. The Labute approximate surface area is 155 Å². The maximum Gasteiger partial charge on any atom is 0.292 e. The highest BCUT2D eigenvalue weighted by Gasteiger charge is 2.22. The zero-order valence-electron chi connectivity index (χ0n) is 14.6. The van der Waals surface area contributed by atoms with Gasteiger partial charge in [-0.15, -0.1) is 10.2 Å². The van der Waals surface area contributed by atoms with Gasteiger partial charge in [0.2, 0.25) is 5.91 Å². The number of nitro benzene ring substituents is 1. The molecule has 1 N–H and O–H groups in total. The quantitative estimate of drug-likeness (QED) is 0.469. The van der Waals surface area contributed by atoms with Crippen molar-refractivity contribution in [1.29, 1.82) is 0 Å². The van der Waals surface area contributed by atoms with Crippen molar-refractivity contribution in [3.63, 3.8) is 0 Å². The first-order chi connectivity index (χ1) is 12.6. The summed E-state index contributed by atoms with van der Waals surface area (Å²) in [6.07, 6.45) is 5.87. The van der Waals surface area contributed by atoms with Gasteiger partial charge < -0.3 is 9.88 Å². The van der Waals surface area contributed by atoms with Crippen molar-refractivity contribution in [3.8, 4) is 0 Å². The van der Waals surface area contributed by atoms with Crippen LogP contribution < -0.4 is 5.32 Å². The number of thioether (sulfide) groups is 1. The molecule has 3 rings (SSSR count). The lowest BCUT2D eigenvalue weighted by molar-refractivity contribution is -0.383. The van der Waals surface area contributed by atoms with Gasteiger partial charge in [-0.05, 0) is 25.8 Å². The molecule has 1 aliphatic carbocycles. The zero-order chi connectivity index (χ0) is 18.5. The minimum atomic E-state index is -0.508. The van der Waals surface area contributed by atoms with Crippen molar-refractivity contribution in [2.75, 3.05) is 11.1 Å². The van der Waals surface area contributed by atoms with Crippen molar-refractivity contribution in [3.05, 3.63) is 40.2 Å².